The first kappa shape index (κ1) is 12.3. The van der Waals surface area contributed by atoms with Crippen molar-refractivity contribution in [3.8, 4) is 0 Å². The zero-order chi connectivity index (χ0) is 11.6. The van der Waals surface area contributed by atoms with Gasteiger partial charge in [0, 0.05) is 25.7 Å². The van der Waals surface area contributed by atoms with Crippen LogP contribution in [-0.2, 0) is 4.74 Å². The van der Waals surface area contributed by atoms with Gasteiger partial charge in [-0.15, -0.1) is 0 Å². The molecule has 16 heavy (non-hydrogen) atoms. The molecule has 0 aromatic carbocycles. The summed E-state index contributed by atoms with van der Waals surface area (Å²) in [5, 5.41) is 0. The van der Waals surface area contributed by atoms with Crippen LogP contribution in [-0.4, -0.2) is 43.3 Å². The third kappa shape index (κ3) is 3.44. The average molecular weight is 226 g/mol. The summed E-state index contributed by atoms with van der Waals surface area (Å²) in [6.07, 6.45) is 5.08. The van der Waals surface area contributed by atoms with Gasteiger partial charge in [0.1, 0.15) is 0 Å². The lowest BCUT2D eigenvalue weighted by atomic mass is 9.84. The molecule has 1 saturated carbocycles. The lowest BCUT2D eigenvalue weighted by Gasteiger charge is -2.46. The van der Waals surface area contributed by atoms with Crippen LogP contribution in [0, 0.1) is 5.41 Å². The van der Waals surface area contributed by atoms with Crippen molar-refractivity contribution in [2.24, 2.45) is 11.1 Å². The molecule has 0 spiro atoms. The highest BCUT2D eigenvalue weighted by atomic mass is 16.5. The van der Waals surface area contributed by atoms with Crippen LogP contribution in [0.5, 0.6) is 0 Å². The Hall–Kier alpha value is -0.120. The molecule has 0 unspecified atom stereocenters. The van der Waals surface area contributed by atoms with Crippen molar-refractivity contribution in [1.82, 2.24) is 4.90 Å². The molecule has 0 aromatic heterocycles. The molecule has 1 heterocycles. The molecule has 1 saturated heterocycles. The quantitative estimate of drug-likeness (QED) is 0.791. The fourth-order valence-corrected chi connectivity index (χ4v) is 2.93. The average Bonchev–Trinajstić information content (AvgIpc) is 2.18. The number of nitrogens with two attached hydrogens (primary N) is 1. The topological polar surface area (TPSA) is 38.5 Å². The van der Waals surface area contributed by atoms with E-state index in [0.717, 1.165) is 38.8 Å². The highest BCUT2D eigenvalue weighted by Gasteiger charge is 2.33. The van der Waals surface area contributed by atoms with Crippen LogP contribution < -0.4 is 5.73 Å². The van der Waals surface area contributed by atoms with E-state index < -0.39 is 0 Å². The van der Waals surface area contributed by atoms with Gasteiger partial charge < -0.3 is 10.5 Å². The van der Waals surface area contributed by atoms with E-state index in [2.05, 4.69) is 18.7 Å². The molecule has 0 atom stereocenters. The summed E-state index contributed by atoms with van der Waals surface area (Å²) in [6.45, 7) is 9.11. The number of likely N-dealkylation sites (tertiary alicyclic amines) is 1. The summed E-state index contributed by atoms with van der Waals surface area (Å²) < 4.78 is 5.91. The highest BCUT2D eigenvalue weighted by Crippen LogP contribution is 2.28. The zero-order valence-electron chi connectivity index (χ0n) is 10.7. The minimum atomic E-state index is 0.427. The molecule has 0 bridgehead atoms. The van der Waals surface area contributed by atoms with Crippen LogP contribution in [0.1, 0.15) is 39.5 Å². The first-order valence-corrected chi connectivity index (χ1v) is 6.65. The smallest absolute Gasteiger partial charge is 0.0597 e. The summed E-state index contributed by atoms with van der Waals surface area (Å²) in [5.41, 5.74) is 6.41. The Balaban J connectivity index is 1.52. The minimum Gasteiger partial charge on any atom is -0.377 e. The summed E-state index contributed by atoms with van der Waals surface area (Å²) >= 11 is 0. The van der Waals surface area contributed by atoms with Gasteiger partial charge >= 0.3 is 0 Å². The van der Waals surface area contributed by atoms with Gasteiger partial charge in [0.2, 0.25) is 0 Å². The molecule has 0 amide bonds. The van der Waals surface area contributed by atoms with Gasteiger partial charge in [0.25, 0.3) is 0 Å². The van der Waals surface area contributed by atoms with E-state index in [0.29, 0.717) is 17.6 Å². The number of nitrogens with zero attached hydrogens (tertiary/aromatic N) is 1. The molecule has 3 heteroatoms. The van der Waals surface area contributed by atoms with E-state index >= 15 is 0 Å². The normalized spacial score (nSPS) is 34.7. The maximum atomic E-state index is 5.91. The van der Waals surface area contributed by atoms with Crippen LogP contribution in [0.15, 0.2) is 0 Å². The molecule has 2 rings (SSSR count). The fourth-order valence-electron chi connectivity index (χ4n) is 2.93. The first-order chi connectivity index (χ1) is 7.55. The van der Waals surface area contributed by atoms with E-state index in [1.165, 1.54) is 13.1 Å². The summed E-state index contributed by atoms with van der Waals surface area (Å²) in [7, 11) is 0. The van der Waals surface area contributed by atoms with Gasteiger partial charge in [-0.1, -0.05) is 13.8 Å². The van der Waals surface area contributed by atoms with Crippen LogP contribution in [0.3, 0.4) is 0 Å². The maximum absolute atomic E-state index is 5.91. The molecule has 2 fully saturated rings. The van der Waals surface area contributed by atoms with E-state index in [1.54, 1.807) is 0 Å². The van der Waals surface area contributed by atoms with Gasteiger partial charge in [0.15, 0.2) is 0 Å². The third-order valence-corrected chi connectivity index (χ3v) is 3.78. The molecule has 2 N–H and O–H groups in total. The van der Waals surface area contributed by atoms with E-state index in [9.17, 15) is 0 Å². The van der Waals surface area contributed by atoms with Crippen molar-refractivity contribution >= 4 is 0 Å². The molecular weight excluding hydrogens is 200 g/mol. The second-order valence-corrected chi connectivity index (χ2v) is 6.28. The first-order valence-electron chi connectivity index (χ1n) is 6.65. The molecule has 1 aliphatic carbocycles. The largest absolute Gasteiger partial charge is 0.377 e. The van der Waals surface area contributed by atoms with Gasteiger partial charge in [-0.3, -0.25) is 4.90 Å². The summed E-state index contributed by atoms with van der Waals surface area (Å²) in [4.78, 5) is 2.48. The predicted molar refractivity (Wildman–Crippen MR) is 66.4 cm³/mol. The molecular formula is C13H26N2O. The summed E-state index contributed by atoms with van der Waals surface area (Å²) in [6, 6.07) is 0.427. The molecule has 1 aliphatic heterocycles. The van der Waals surface area contributed by atoms with Gasteiger partial charge in [0.05, 0.1) is 12.7 Å². The maximum Gasteiger partial charge on any atom is 0.0597 e. The lowest BCUT2D eigenvalue weighted by molar-refractivity contribution is -0.0254. The van der Waals surface area contributed by atoms with Gasteiger partial charge in [-0.25, -0.2) is 0 Å². The Morgan fingerprint density at radius 2 is 1.81 bits per heavy atom. The van der Waals surface area contributed by atoms with Crippen LogP contribution in [0.2, 0.25) is 0 Å². The fraction of sp³-hybridized carbons (Fsp3) is 1.00. The second-order valence-electron chi connectivity index (χ2n) is 6.28. The van der Waals surface area contributed by atoms with Crippen LogP contribution in [0.4, 0.5) is 0 Å². The number of hydrogen-bond acceptors (Lipinski definition) is 3. The third-order valence-electron chi connectivity index (χ3n) is 3.78. The molecule has 0 aromatic rings. The predicted octanol–water partition coefficient (Wildman–Crippen LogP) is 1.61. The second kappa shape index (κ2) is 5.03. The summed E-state index contributed by atoms with van der Waals surface area (Å²) in [5.74, 6) is 0. The van der Waals surface area contributed by atoms with Crippen molar-refractivity contribution < 1.29 is 4.74 Å². The Morgan fingerprint density at radius 3 is 2.38 bits per heavy atom. The molecule has 2 aliphatic rings. The SMILES string of the molecule is CC1(C)CN(CCOC2CCC(N)CC2)C1. The Labute approximate surface area is 99.3 Å². The monoisotopic (exact) mass is 226 g/mol. The van der Waals surface area contributed by atoms with E-state index in [1.807, 2.05) is 0 Å². The van der Waals surface area contributed by atoms with Crippen molar-refractivity contribution in [3.05, 3.63) is 0 Å². The van der Waals surface area contributed by atoms with Crippen molar-refractivity contribution in [2.75, 3.05) is 26.2 Å². The number of ether oxygens (including phenoxy) is 1. The minimum absolute atomic E-state index is 0.427. The number of rotatable bonds is 4. The zero-order valence-corrected chi connectivity index (χ0v) is 10.7. The molecule has 0 radical (unpaired) electrons. The van der Waals surface area contributed by atoms with E-state index in [4.69, 9.17) is 10.5 Å². The molecule has 3 nitrogen and oxygen atoms in total. The van der Waals surface area contributed by atoms with Gasteiger partial charge in [-0.05, 0) is 31.1 Å². The lowest BCUT2D eigenvalue weighted by Crippen LogP contribution is -2.53. The standard InChI is InChI=1S/C13H26N2O/c1-13(2)9-15(10-13)7-8-16-12-5-3-11(14)4-6-12/h11-12H,3-10,14H2,1-2H3. The van der Waals surface area contributed by atoms with Crippen LogP contribution >= 0.6 is 0 Å². The Kier molecular flexibility index (Phi) is 3.88. The molecule has 94 valence electrons. The van der Waals surface area contributed by atoms with Gasteiger partial charge in [-0.2, -0.15) is 0 Å². The Bertz CT molecular complexity index is 214. The van der Waals surface area contributed by atoms with Crippen molar-refractivity contribution in [2.45, 2.75) is 51.7 Å². The number of hydrogen-bond donors (Lipinski definition) is 1. The van der Waals surface area contributed by atoms with Crippen LogP contribution in [0.25, 0.3) is 0 Å². The highest BCUT2D eigenvalue weighted by molar-refractivity contribution is 4.87. The Morgan fingerprint density at radius 1 is 1.19 bits per heavy atom. The van der Waals surface area contributed by atoms with Crippen molar-refractivity contribution in [3.63, 3.8) is 0 Å². The van der Waals surface area contributed by atoms with Crippen molar-refractivity contribution in [1.29, 1.82) is 0 Å². The van der Waals surface area contributed by atoms with E-state index in [-0.39, 0.29) is 0 Å².